The lowest BCUT2D eigenvalue weighted by atomic mass is 9.84. The summed E-state index contributed by atoms with van der Waals surface area (Å²) in [6.45, 7) is 2.04. The van der Waals surface area contributed by atoms with E-state index in [0.717, 1.165) is 5.56 Å². The highest BCUT2D eigenvalue weighted by Gasteiger charge is 2.26. The molecule has 0 aromatic carbocycles. The number of aryl methyl sites for hydroxylation is 1. The number of ketones is 2. The average molecular weight is 208 g/mol. The van der Waals surface area contributed by atoms with Crippen LogP contribution in [0.25, 0.3) is 0 Å². The zero-order valence-corrected chi connectivity index (χ0v) is 8.89. The Kier molecular flexibility index (Phi) is 2.50. The van der Waals surface area contributed by atoms with E-state index < -0.39 is 0 Å². The Bertz CT molecular complexity index is 362. The number of carbonyl (C=O) groups is 2. The normalized spacial score (nSPS) is 18.9. The third-order valence-electron chi connectivity index (χ3n) is 2.56. The zero-order chi connectivity index (χ0) is 10.1. The first-order valence-corrected chi connectivity index (χ1v) is 5.61. The van der Waals surface area contributed by atoms with Crippen LogP contribution in [-0.2, 0) is 9.59 Å². The fourth-order valence-electron chi connectivity index (χ4n) is 1.90. The summed E-state index contributed by atoms with van der Waals surface area (Å²) in [7, 11) is 0. The van der Waals surface area contributed by atoms with Crippen LogP contribution in [0.5, 0.6) is 0 Å². The molecule has 2 rings (SSSR count). The summed E-state index contributed by atoms with van der Waals surface area (Å²) in [4.78, 5) is 23.7. The molecule has 14 heavy (non-hydrogen) atoms. The minimum atomic E-state index is 0.0927. The minimum Gasteiger partial charge on any atom is -0.299 e. The van der Waals surface area contributed by atoms with Crippen LogP contribution >= 0.6 is 11.3 Å². The van der Waals surface area contributed by atoms with Gasteiger partial charge in [-0.1, -0.05) is 0 Å². The standard InChI is InChI=1S/C11H12O2S/c1-7-2-9(6-14-7)8-3-10(12)5-11(13)4-8/h2,6,8H,3-5H2,1H3. The van der Waals surface area contributed by atoms with Gasteiger partial charge in [0.15, 0.2) is 0 Å². The minimum absolute atomic E-state index is 0.0927. The summed E-state index contributed by atoms with van der Waals surface area (Å²) >= 11 is 1.68. The molecule has 0 N–H and O–H groups in total. The fraction of sp³-hybridized carbons (Fsp3) is 0.455. The number of rotatable bonds is 1. The Morgan fingerprint density at radius 1 is 1.29 bits per heavy atom. The van der Waals surface area contributed by atoms with Gasteiger partial charge in [0.05, 0.1) is 6.42 Å². The summed E-state index contributed by atoms with van der Waals surface area (Å²) in [5, 5.41) is 2.06. The van der Waals surface area contributed by atoms with Crippen molar-refractivity contribution in [1.29, 1.82) is 0 Å². The van der Waals surface area contributed by atoms with Crippen LogP contribution < -0.4 is 0 Å². The Balaban J connectivity index is 2.18. The predicted molar refractivity (Wildman–Crippen MR) is 55.7 cm³/mol. The van der Waals surface area contributed by atoms with Gasteiger partial charge in [0.1, 0.15) is 11.6 Å². The first-order valence-electron chi connectivity index (χ1n) is 4.73. The Morgan fingerprint density at radius 3 is 2.43 bits per heavy atom. The maximum atomic E-state index is 11.2. The molecule has 1 aromatic rings. The lowest BCUT2D eigenvalue weighted by Gasteiger charge is -2.18. The third-order valence-corrected chi connectivity index (χ3v) is 3.44. The molecule has 0 bridgehead atoms. The maximum absolute atomic E-state index is 11.2. The van der Waals surface area contributed by atoms with E-state index in [1.165, 1.54) is 4.88 Å². The van der Waals surface area contributed by atoms with Crippen LogP contribution in [0.3, 0.4) is 0 Å². The Hall–Kier alpha value is -0.960. The van der Waals surface area contributed by atoms with E-state index in [1.54, 1.807) is 11.3 Å². The number of thiophene rings is 1. The van der Waals surface area contributed by atoms with Gasteiger partial charge in [0, 0.05) is 17.7 Å². The molecular formula is C11H12O2S. The van der Waals surface area contributed by atoms with Crippen LogP contribution in [-0.4, -0.2) is 11.6 Å². The summed E-state index contributed by atoms with van der Waals surface area (Å²) in [5.74, 6) is 0.332. The molecule has 0 amide bonds. The van der Waals surface area contributed by atoms with Crippen LogP contribution in [0, 0.1) is 6.92 Å². The topological polar surface area (TPSA) is 34.1 Å². The molecule has 3 heteroatoms. The van der Waals surface area contributed by atoms with E-state index in [4.69, 9.17) is 0 Å². The zero-order valence-electron chi connectivity index (χ0n) is 8.08. The van der Waals surface area contributed by atoms with Crippen molar-refractivity contribution >= 4 is 22.9 Å². The van der Waals surface area contributed by atoms with Gasteiger partial charge in [0.25, 0.3) is 0 Å². The highest BCUT2D eigenvalue weighted by atomic mass is 32.1. The molecule has 74 valence electrons. The fourth-order valence-corrected chi connectivity index (χ4v) is 2.69. The Morgan fingerprint density at radius 2 is 1.93 bits per heavy atom. The van der Waals surface area contributed by atoms with Gasteiger partial charge in [-0.05, 0) is 29.9 Å². The lowest BCUT2D eigenvalue weighted by molar-refractivity contribution is -0.130. The van der Waals surface area contributed by atoms with E-state index in [2.05, 4.69) is 11.4 Å². The molecule has 0 spiro atoms. The molecular weight excluding hydrogens is 196 g/mol. The van der Waals surface area contributed by atoms with Crippen molar-refractivity contribution in [1.82, 2.24) is 0 Å². The summed E-state index contributed by atoms with van der Waals surface area (Å²) in [5.41, 5.74) is 1.16. The quantitative estimate of drug-likeness (QED) is 0.664. The molecule has 0 atom stereocenters. The molecule has 0 unspecified atom stereocenters. The van der Waals surface area contributed by atoms with Crippen molar-refractivity contribution < 1.29 is 9.59 Å². The van der Waals surface area contributed by atoms with E-state index in [1.807, 2.05) is 6.92 Å². The second kappa shape index (κ2) is 3.65. The predicted octanol–water partition coefficient (Wildman–Crippen LogP) is 2.46. The van der Waals surface area contributed by atoms with Crippen molar-refractivity contribution in [2.75, 3.05) is 0 Å². The van der Waals surface area contributed by atoms with Crippen LogP contribution in [0.1, 0.15) is 35.6 Å². The molecule has 0 aliphatic heterocycles. The SMILES string of the molecule is Cc1cc(C2CC(=O)CC(=O)C2)cs1. The Labute approximate surface area is 86.9 Å². The van der Waals surface area contributed by atoms with Crippen LogP contribution in [0.4, 0.5) is 0 Å². The molecule has 2 nitrogen and oxygen atoms in total. The van der Waals surface area contributed by atoms with Gasteiger partial charge in [0.2, 0.25) is 0 Å². The summed E-state index contributed by atoms with van der Waals surface area (Å²) in [6, 6.07) is 2.08. The van der Waals surface area contributed by atoms with Crippen molar-refractivity contribution in [2.45, 2.75) is 32.1 Å². The molecule has 1 fully saturated rings. The smallest absolute Gasteiger partial charge is 0.140 e. The molecule has 1 aromatic heterocycles. The number of carbonyl (C=O) groups excluding carboxylic acids is 2. The van der Waals surface area contributed by atoms with Crippen molar-refractivity contribution in [2.24, 2.45) is 0 Å². The number of hydrogen-bond donors (Lipinski definition) is 0. The second-order valence-corrected chi connectivity index (χ2v) is 4.97. The second-order valence-electron chi connectivity index (χ2n) is 3.85. The van der Waals surface area contributed by atoms with Gasteiger partial charge in [-0.3, -0.25) is 9.59 Å². The molecule has 1 aliphatic rings. The van der Waals surface area contributed by atoms with Gasteiger partial charge in [-0.2, -0.15) is 0 Å². The van der Waals surface area contributed by atoms with Gasteiger partial charge in [-0.25, -0.2) is 0 Å². The van der Waals surface area contributed by atoms with Gasteiger partial charge >= 0.3 is 0 Å². The summed E-state index contributed by atoms with van der Waals surface area (Å²) in [6.07, 6.45) is 1.24. The van der Waals surface area contributed by atoms with Crippen LogP contribution in [0.2, 0.25) is 0 Å². The third kappa shape index (κ3) is 1.93. The highest BCUT2D eigenvalue weighted by molar-refractivity contribution is 7.10. The number of Topliss-reactive ketones (excluding diaryl/α,β-unsaturated/α-hetero) is 2. The monoisotopic (exact) mass is 208 g/mol. The van der Waals surface area contributed by atoms with Gasteiger partial charge in [-0.15, -0.1) is 11.3 Å². The lowest BCUT2D eigenvalue weighted by Crippen LogP contribution is -2.20. The van der Waals surface area contributed by atoms with Gasteiger partial charge < -0.3 is 0 Å². The van der Waals surface area contributed by atoms with E-state index in [9.17, 15) is 9.59 Å². The van der Waals surface area contributed by atoms with E-state index in [-0.39, 0.29) is 23.9 Å². The largest absolute Gasteiger partial charge is 0.299 e. The average Bonchev–Trinajstić information content (AvgIpc) is 2.50. The van der Waals surface area contributed by atoms with E-state index >= 15 is 0 Å². The highest BCUT2D eigenvalue weighted by Crippen LogP contribution is 2.31. The first kappa shape index (κ1) is 9.59. The number of hydrogen-bond acceptors (Lipinski definition) is 3. The van der Waals surface area contributed by atoms with E-state index in [0.29, 0.717) is 12.8 Å². The van der Waals surface area contributed by atoms with Crippen molar-refractivity contribution in [3.8, 4) is 0 Å². The van der Waals surface area contributed by atoms with Crippen LogP contribution in [0.15, 0.2) is 11.4 Å². The van der Waals surface area contributed by atoms with Crippen molar-refractivity contribution in [3.05, 3.63) is 21.9 Å². The first-order chi connectivity index (χ1) is 6.65. The molecule has 0 radical (unpaired) electrons. The molecule has 1 aliphatic carbocycles. The molecule has 0 saturated heterocycles. The van der Waals surface area contributed by atoms with Crippen molar-refractivity contribution in [3.63, 3.8) is 0 Å². The molecule has 1 saturated carbocycles. The summed E-state index contributed by atoms with van der Waals surface area (Å²) < 4.78 is 0. The maximum Gasteiger partial charge on any atom is 0.140 e. The molecule has 1 heterocycles.